The zero-order chi connectivity index (χ0) is 13.6. The van der Waals surface area contributed by atoms with E-state index in [0.717, 1.165) is 22.4 Å². The van der Waals surface area contributed by atoms with Crippen LogP contribution in [0.5, 0.6) is 0 Å². The number of rotatable bonds is 5. The molecule has 3 heteroatoms. The standard InChI is InChI=1S/C17H23BrN2/c18-14-3-4-16(19-10-14)9-17(11-20-15-5-6-15)8-12-1-2-13(17)7-12/h3-4,10,12-13,15,20H,1-2,5-9,11H2. The first kappa shape index (κ1) is 13.3. The van der Waals surface area contributed by atoms with Crippen molar-refractivity contribution in [1.29, 1.82) is 0 Å². The van der Waals surface area contributed by atoms with Crippen molar-refractivity contribution in [1.82, 2.24) is 10.3 Å². The van der Waals surface area contributed by atoms with Crippen LogP contribution in [0, 0.1) is 17.3 Å². The van der Waals surface area contributed by atoms with E-state index in [2.05, 4.69) is 38.4 Å². The zero-order valence-corrected chi connectivity index (χ0v) is 13.5. The minimum absolute atomic E-state index is 0.492. The summed E-state index contributed by atoms with van der Waals surface area (Å²) in [7, 11) is 0. The van der Waals surface area contributed by atoms with Gasteiger partial charge in [-0.25, -0.2) is 0 Å². The number of aromatic nitrogens is 1. The Labute approximate surface area is 129 Å². The van der Waals surface area contributed by atoms with Gasteiger partial charge in [-0.05, 0) is 83.8 Å². The first-order chi connectivity index (χ1) is 9.73. The number of fused-ring (bicyclic) bond motifs is 2. The summed E-state index contributed by atoms with van der Waals surface area (Å²) in [4.78, 5) is 4.64. The van der Waals surface area contributed by atoms with Crippen LogP contribution >= 0.6 is 15.9 Å². The zero-order valence-electron chi connectivity index (χ0n) is 11.9. The number of hydrogen-bond acceptors (Lipinski definition) is 2. The lowest BCUT2D eigenvalue weighted by Gasteiger charge is -2.38. The van der Waals surface area contributed by atoms with E-state index in [0.29, 0.717) is 5.41 Å². The van der Waals surface area contributed by atoms with Crippen molar-refractivity contribution >= 4 is 15.9 Å². The molecule has 3 unspecified atom stereocenters. The van der Waals surface area contributed by atoms with E-state index >= 15 is 0 Å². The van der Waals surface area contributed by atoms with Crippen molar-refractivity contribution in [3.63, 3.8) is 0 Å². The lowest BCUT2D eigenvalue weighted by atomic mass is 9.70. The molecule has 1 aromatic rings. The molecule has 0 saturated heterocycles. The van der Waals surface area contributed by atoms with Gasteiger partial charge in [0.05, 0.1) is 0 Å². The van der Waals surface area contributed by atoms with Crippen LogP contribution in [-0.4, -0.2) is 17.6 Å². The van der Waals surface area contributed by atoms with Gasteiger partial charge in [0.1, 0.15) is 0 Å². The predicted molar refractivity (Wildman–Crippen MR) is 84.5 cm³/mol. The Hall–Kier alpha value is -0.410. The van der Waals surface area contributed by atoms with E-state index in [4.69, 9.17) is 0 Å². The van der Waals surface area contributed by atoms with Gasteiger partial charge in [-0.2, -0.15) is 0 Å². The van der Waals surface area contributed by atoms with Gasteiger partial charge in [0.25, 0.3) is 0 Å². The summed E-state index contributed by atoms with van der Waals surface area (Å²) in [5.74, 6) is 1.93. The second-order valence-electron chi connectivity index (χ2n) is 7.24. The van der Waals surface area contributed by atoms with Crippen molar-refractivity contribution in [3.05, 3.63) is 28.5 Å². The maximum atomic E-state index is 4.64. The predicted octanol–water partition coefficient (Wildman–Crippen LogP) is 3.95. The van der Waals surface area contributed by atoms with Gasteiger partial charge < -0.3 is 5.32 Å². The largest absolute Gasteiger partial charge is 0.313 e. The summed E-state index contributed by atoms with van der Waals surface area (Å²) in [6.07, 6.45) is 11.7. The summed E-state index contributed by atoms with van der Waals surface area (Å²) >= 11 is 3.49. The van der Waals surface area contributed by atoms with E-state index in [1.165, 1.54) is 57.2 Å². The van der Waals surface area contributed by atoms with Crippen LogP contribution in [0.25, 0.3) is 0 Å². The first-order valence-corrected chi connectivity index (χ1v) is 8.87. The quantitative estimate of drug-likeness (QED) is 0.881. The van der Waals surface area contributed by atoms with Crippen LogP contribution in [0.2, 0.25) is 0 Å². The topological polar surface area (TPSA) is 24.9 Å². The number of hydrogen-bond donors (Lipinski definition) is 1. The maximum Gasteiger partial charge on any atom is 0.0413 e. The number of pyridine rings is 1. The Morgan fingerprint density at radius 1 is 1.25 bits per heavy atom. The molecule has 2 bridgehead atoms. The SMILES string of the molecule is Brc1ccc(CC2(CNC3CC3)CC3CCC2C3)nc1. The third kappa shape index (κ3) is 2.55. The highest BCUT2D eigenvalue weighted by atomic mass is 79.9. The fraction of sp³-hybridized carbons (Fsp3) is 0.706. The maximum absolute atomic E-state index is 4.64. The van der Waals surface area contributed by atoms with E-state index in [1.807, 2.05) is 6.20 Å². The van der Waals surface area contributed by atoms with Crippen LogP contribution in [0.15, 0.2) is 22.8 Å². The van der Waals surface area contributed by atoms with E-state index in [-0.39, 0.29) is 0 Å². The Morgan fingerprint density at radius 2 is 2.15 bits per heavy atom. The van der Waals surface area contributed by atoms with Gasteiger partial charge in [-0.15, -0.1) is 0 Å². The van der Waals surface area contributed by atoms with Crippen LogP contribution in [0.4, 0.5) is 0 Å². The van der Waals surface area contributed by atoms with E-state index in [9.17, 15) is 0 Å². The molecule has 3 saturated carbocycles. The molecule has 1 heterocycles. The molecule has 4 rings (SSSR count). The second-order valence-corrected chi connectivity index (χ2v) is 8.16. The minimum atomic E-state index is 0.492. The summed E-state index contributed by atoms with van der Waals surface area (Å²) in [5.41, 5.74) is 1.77. The van der Waals surface area contributed by atoms with Crippen LogP contribution in [0.1, 0.15) is 44.2 Å². The molecule has 3 fully saturated rings. The summed E-state index contributed by atoms with van der Waals surface area (Å²) < 4.78 is 1.08. The van der Waals surface area contributed by atoms with Crippen molar-refractivity contribution in [2.24, 2.45) is 17.3 Å². The Morgan fingerprint density at radius 3 is 2.75 bits per heavy atom. The second kappa shape index (κ2) is 5.10. The Kier molecular flexibility index (Phi) is 3.38. The minimum Gasteiger partial charge on any atom is -0.313 e. The van der Waals surface area contributed by atoms with Gasteiger partial charge in [0.15, 0.2) is 0 Å². The molecule has 0 radical (unpaired) electrons. The van der Waals surface area contributed by atoms with Gasteiger partial charge in [0.2, 0.25) is 0 Å². The molecule has 2 nitrogen and oxygen atoms in total. The molecular formula is C17H23BrN2. The average Bonchev–Trinajstić information content (AvgIpc) is 3.08. The first-order valence-electron chi connectivity index (χ1n) is 8.07. The lowest BCUT2D eigenvalue weighted by Crippen LogP contribution is -2.41. The molecule has 0 aromatic carbocycles. The van der Waals surface area contributed by atoms with Crippen LogP contribution in [0.3, 0.4) is 0 Å². The highest BCUT2D eigenvalue weighted by molar-refractivity contribution is 9.10. The molecular weight excluding hydrogens is 312 g/mol. The molecule has 3 aliphatic rings. The number of nitrogens with one attached hydrogen (secondary N) is 1. The monoisotopic (exact) mass is 334 g/mol. The summed E-state index contributed by atoms with van der Waals surface area (Å²) in [5, 5.41) is 3.82. The van der Waals surface area contributed by atoms with Crippen LogP contribution in [-0.2, 0) is 6.42 Å². The molecule has 0 amide bonds. The van der Waals surface area contributed by atoms with Gasteiger partial charge in [-0.1, -0.05) is 6.42 Å². The Balaban J connectivity index is 1.53. The van der Waals surface area contributed by atoms with Crippen LogP contribution < -0.4 is 5.32 Å². The van der Waals surface area contributed by atoms with Crippen molar-refractivity contribution in [2.45, 2.75) is 51.0 Å². The molecule has 0 spiro atoms. The molecule has 20 heavy (non-hydrogen) atoms. The summed E-state index contributed by atoms with van der Waals surface area (Å²) in [6, 6.07) is 5.16. The lowest BCUT2D eigenvalue weighted by molar-refractivity contribution is 0.154. The normalized spacial score (nSPS) is 35.6. The smallest absolute Gasteiger partial charge is 0.0413 e. The highest BCUT2D eigenvalue weighted by Crippen LogP contribution is 2.57. The third-order valence-electron chi connectivity index (χ3n) is 5.74. The molecule has 3 atom stereocenters. The van der Waals surface area contributed by atoms with Gasteiger partial charge in [0, 0.05) is 29.0 Å². The number of nitrogens with zero attached hydrogens (tertiary/aromatic N) is 1. The van der Waals surface area contributed by atoms with Crippen molar-refractivity contribution < 1.29 is 0 Å². The molecule has 3 aliphatic carbocycles. The van der Waals surface area contributed by atoms with E-state index < -0.39 is 0 Å². The fourth-order valence-electron chi connectivity index (χ4n) is 4.56. The van der Waals surface area contributed by atoms with Crippen molar-refractivity contribution in [2.75, 3.05) is 6.54 Å². The highest BCUT2D eigenvalue weighted by Gasteiger charge is 2.51. The molecule has 1 N–H and O–H groups in total. The average molecular weight is 335 g/mol. The molecule has 0 aliphatic heterocycles. The number of halogens is 1. The Bertz CT molecular complexity index is 482. The van der Waals surface area contributed by atoms with Crippen molar-refractivity contribution in [3.8, 4) is 0 Å². The summed E-state index contributed by atoms with van der Waals surface area (Å²) in [6.45, 7) is 1.22. The molecule has 1 aromatic heterocycles. The third-order valence-corrected chi connectivity index (χ3v) is 6.21. The van der Waals surface area contributed by atoms with Gasteiger partial charge >= 0.3 is 0 Å². The fourth-order valence-corrected chi connectivity index (χ4v) is 4.79. The van der Waals surface area contributed by atoms with Gasteiger partial charge in [-0.3, -0.25) is 4.98 Å². The molecule has 108 valence electrons. The van der Waals surface area contributed by atoms with E-state index in [1.54, 1.807) is 0 Å².